The molecule has 0 aromatic heterocycles. The predicted molar refractivity (Wildman–Crippen MR) is 81.0 cm³/mol. The van der Waals surface area contributed by atoms with Crippen molar-refractivity contribution in [2.45, 2.75) is 30.0 Å². The Morgan fingerprint density at radius 2 is 1.92 bits per heavy atom. The van der Waals surface area contributed by atoms with Gasteiger partial charge in [0.15, 0.2) is 0 Å². The van der Waals surface area contributed by atoms with Crippen LogP contribution in [0.4, 0.5) is 13.2 Å². The van der Waals surface area contributed by atoms with Crippen LogP contribution in [-0.4, -0.2) is 46.2 Å². The number of hydrogen-bond donors (Lipinski definition) is 3. The van der Waals surface area contributed by atoms with Gasteiger partial charge in [0.1, 0.15) is 6.54 Å². The van der Waals surface area contributed by atoms with E-state index in [2.05, 4.69) is 10.0 Å². The minimum atomic E-state index is -4.53. The first-order valence-corrected chi connectivity index (χ1v) is 8.84. The molecule has 1 amide bonds. The second-order valence-corrected chi connectivity index (χ2v) is 7.19. The smallest absolute Gasteiger partial charge is 0.343 e. The number of carbonyl (C=O) groups excluding carboxylic acids is 1. The summed E-state index contributed by atoms with van der Waals surface area (Å²) >= 11 is 0. The maximum Gasteiger partial charge on any atom is 0.405 e. The van der Waals surface area contributed by atoms with E-state index in [-0.39, 0.29) is 16.5 Å². The Morgan fingerprint density at radius 3 is 2.54 bits per heavy atom. The molecular weight excluding hydrogens is 347 g/mol. The quantitative estimate of drug-likeness (QED) is 0.727. The Balaban J connectivity index is 2.09. The van der Waals surface area contributed by atoms with E-state index in [0.717, 1.165) is 6.07 Å². The fourth-order valence-electron chi connectivity index (χ4n) is 2.31. The van der Waals surface area contributed by atoms with Gasteiger partial charge in [0.25, 0.3) is 5.91 Å². The van der Waals surface area contributed by atoms with Crippen molar-refractivity contribution < 1.29 is 26.4 Å². The van der Waals surface area contributed by atoms with Crippen molar-refractivity contribution in [3.05, 3.63) is 29.8 Å². The highest BCUT2D eigenvalue weighted by molar-refractivity contribution is 7.89. The number of nitrogens with one attached hydrogen (secondary N) is 3. The van der Waals surface area contributed by atoms with Gasteiger partial charge in [0.05, 0.1) is 4.90 Å². The fourth-order valence-corrected chi connectivity index (χ4v) is 3.66. The molecule has 1 aromatic rings. The van der Waals surface area contributed by atoms with E-state index in [1.165, 1.54) is 18.2 Å². The van der Waals surface area contributed by atoms with Crippen LogP contribution in [0.3, 0.4) is 0 Å². The Labute approximate surface area is 137 Å². The predicted octanol–water partition coefficient (Wildman–Crippen LogP) is 1.01. The summed E-state index contributed by atoms with van der Waals surface area (Å²) in [6.45, 7) is -0.0731. The summed E-state index contributed by atoms with van der Waals surface area (Å²) in [6.07, 6.45) is -3.24. The van der Waals surface area contributed by atoms with Crippen LogP contribution in [0.2, 0.25) is 0 Å². The number of sulfonamides is 1. The van der Waals surface area contributed by atoms with Crippen LogP contribution in [0.25, 0.3) is 0 Å². The van der Waals surface area contributed by atoms with E-state index in [9.17, 15) is 26.4 Å². The first-order chi connectivity index (χ1) is 11.2. The van der Waals surface area contributed by atoms with Crippen LogP contribution in [0.1, 0.15) is 23.2 Å². The zero-order valence-corrected chi connectivity index (χ0v) is 13.5. The highest BCUT2D eigenvalue weighted by Gasteiger charge is 2.28. The van der Waals surface area contributed by atoms with E-state index < -0.39 is 28.7 Å². The second kappa shape index (κ2) is 7.49. The highest BCUT2D eigenvalue weighted by atomic mass is 32.2. The number of halogens is 3. The van der Waals surface area contributed by atoms with Gasteiger partial charge in [0.2, 0.25) is 10.0 Å². The summed E-state index contributed by atoms with van der Waals surface area (Å²) in [5, 5.41) is 4.82. The molecule has 0 radical (unpaired) electrons. The molecule has 0 bridgehead atoms. The lowest BCUT2D eigenvalue weighted by Gasteiger charge is -2.23. The number of carbonyl (C=O) groups is 1. The van der Waals surface area contributed by atoms with Crippen LogP contribution in [0.15, 0.2) is 29.2 Å². The molecule has 3 N–H and O–H groups in total. The number of alkyl halides is 3. The molecule has 0 aliphatic carbocycles. The van der Waals surface area contributed by atoms with Gasteiger partial charge < -0.3 is 10.6 Å². The molecule has 1 heterocycles. The number of amides is 1. The third-order valence-corrected chi connectivity index (χ3v) is 5.04. The van der Waals surface area contributed by atoms with E-state index in [4.69, 9.17) is 0 Å². The van der Waals surface area contributed by atoms with Gasteiger partial charge in [-0.25, -0.2) is 13.1 Å². The minimum Gasteiger partial charge on any atom is -0.343 e. The molecule has 2 rings (SSSR count). The van der Waals surface area contributed by atoms with E-state index >= 15 is 0 Å². The topological polar surface area (TPSA) is 87.3 Å². The Bertz CT molecular complexity index is 686. The summed E-state index contributed by atoms with van der Waals surface area (Å²) in [6, 6.07) is 4.73. The number of rotatable bonds is 5. The van der Waals surface area contributed by atoms with Crippen molar-refractivity contribution in [3.8, 4) is 0 Å². The molecule has 0 spiro atoms. The van der Waals surface area contributed by atoms with E-state index in [1.54, 1.807) is 5.32 Å². The summed E-state index contributed by atoms with van der Waals surface area (Å²) in [4.78, 5) is 11.6. The molecule has 134 valence electrons. The highest BCUT2D eigenvalue weighted by Crippen LogP contribution is 2.16. The van der Waals surface area contributed by atoms with Crippen molar-refractivity contribution in [3.63, 3.8) is 0 Å². The Morgan fingerprint density at radius 1 is 1.25 bits per heavy atom. The molecule has 1 saturated heterocycles. The molecule has 10 heteroatoms. The SMILES string of the molecule is O=C(NCC(F)(F)F)c1cccc(S(=O)(=O)NC2CCNCC2)c1. The molecule has 0 unspecified atom stereocenters. The van der Waals surface area contributed by atoms with E-state index in [0.29, 0.717) is 25.9 Å². The molecule has 6 nitrogen and oxygen atoms in total. The molecule has 0 atom stereocenters. The van der Waals surface area contributed by atoms with Gasteiger partial charge in [-0.05, 0) is 44.1 Å². The molecule has 24 heavy (non-hydrogen) atoms. The van der Waals surface area contributed by atoms with Crippen molar-refractivity contribution in [2.24, 2.45) is 0 Å². The third-order valence-electron chi connectivity index (χ3n) is 3.52. The first kappa shape index (κ1) is 18.7. The standard InChI is InChI=1S/C14H18F3N3O3S/c15-14(16,17)9-19-13(21)10-2-1-3-12(8-10)24(22,23)20-11-4-6-18-7-5-11/h1-3,8,11,18,20H,4-7,9H2,(H,19,21). The minimum absolute atomic E-state index is 0.146. The fraction of sp³-hybridized carbons (Fsp3) is 0.500. The molecule has 1 fully saturated rings. The Hall–Kier alpha value is -1.65. The van der Waals surface area contributed by atoms with Gasteiger partial charge in [-0.1, -0.05) is 6.07 Å². The zero-order valence-electron chi connectivity index (χ0n) is 12.7. The monoisotopic (exact) mass is 365 g/mol. The van der Waals surface area contributed by atoms with Crippen LogP contribution in [-0.2, 0) is 10.0 Å². The number of hydrogen-bond acceptors (Lipinski definition) is 4. The van der Waals surface area contributed by atoms with Crippen LogP contribution in [0.5, 0.6) is 0 Å². The molecule has 0 saturated carbocycles. The average molecular weight is 365 g/mol. The lowest BCUT2D eigenvalue weighted by atomic mass is 10.1. The summed E-state index contributed by atoms with van der Waals surface area (Å²) in [7, 11) is -3.84. The van der Waals surface area contributed by atoms with Crippen molar-refractivity contribution in [1.29, 1.82) is 0 Å². The Kier molecular flexibility index (Phi) is 5.83. The maximum atomic E-state index is 12.3. The van der Waals surface area contributed by atoms with Crippen LogP contribution in [0, 0.1) is 0 Å². The van der Waals surface area contributed by atoms with Crippen molar-refractivity contribution in [1.82, 2.24) is 15.4 Å². The van der Waals surface area contributed by atoms with Crippen molar-refractivity contribution in [2.75, 3.05) is 19.6 Å². The second-order valence-electron chi connectivity index (χ2n) is 5.47. The summed E-state index contributed by atoms with van der Waals surface area (Å²) in [5.74, 6) is -0.980. The van der Waals surface area contributed by atoms with Gasteiger partial charge in [-0.15, -0.1) is 0 Å². The largest absolute Gasteiger partial charge is 0.405 e. The number of benzene rings is 1. The normalized spacial score (nSPS) is 16.8. The molecule has 1 aromatic carbocycles. The summed E-state index contributed by atoms with van der Waals surface area (Å²) in [5.41, 5.74) is -0.146. The molecule has 1 aliphatic rings. The average Bonchev–Trinajstić information content (AvgIpc) is 2.52. The number of piperidine rings is 1. The lowest BCUT2D eigenvalue weighted by Crippen LogP contribution is -2.42. The van der Waals surface area contributed by atoms with Gasteiger partial charge in [-0.2, -0.15) is 13.2 Å². The van der Waals surface area contributed by atoms with E-state index in [1.807, 2.05) is 0 Å². The lowest BCUT2D eigenvalue weighted by molar-refractivity contribution is -0.123. The van der Waals surface area contributed by atoms with Crippen LogP contribution >= 0.6 is 0 Å². The zero-order chi connectivity index (χ0) is 17.8. The molecule has 1 aliphatic heterocycles. The molecular formula is C14H18F3N3O3S. The van der Waals surface area contributed by atoms with Gasteiger partial charge in [-0.3, -0.25) is 4.79 Å². The van der Waals surface area contributed by atoms with Gasteiger partial charge >= 0.3 is 6.18 Å². The van der Waals surface area contributed by atoms with Gasteiger partial charge in [0, 0.05) is 11.6 Å². The maximum absolute atomic E-state index is 12.3. The van der Waals surface area contributed by atoms with Crippen LogP contribution < -0.4 is 15.4 Å². The third kappa shape index (κ3) is 5.46. The summed E-state index contributed by atoms with van der Waals surface area (Å²) < 4.78 is 63.7. The first-order valence-electron chi connectivity index (χ1n) is 7.35. The van der Waals surface area contributed by atoms with Crippen molar-refractivity contribution >= 4 is 15.9 Å².